The molecule has 0 heterocycles. The number of rotatable bonds is 17. The molecule has 16 nitrogen and oxygen atoms in total. The van der Waals surface area contributed by atoms with Gasteiger partial charge < -0.3 is 48.5 Å². The van der Waals surface area contributed by atoms with Crippen molar-refractivity contribution in [2.24, 2.45) is 17.2 Å². The van der Waals surface area contributed by atoms with Crippen LogP contribution >= 0.6 is 0 Å². The zero-order valence-corrected chi connectivity index (χ0v) is 20.8. The van der Waals surface area contributed by atoms with Crippen LogP contribution in [0.25, 0.3) is 0 Å². The van der Waals surface area contributed by atoms with E-state index in [1.807, 2.05) is 0 Å². The molecule has 0 aliphatic heterocycles. The van der Waals surface area contributed by atoms with Crippen LogP contribution in [0, 0.1) is 0 Å². The highest BCUT2D eigenvalue weighted by molar-refractivity contribution is 5.95. The quantitative estimate of drug-likeness (QED) is 0.0927. The summed E-state index contributed by atoms with van der Waals surface area (Å²) in [5.41, 5.74) is 16.2. The van der Waals surface area contributed by atoms with Crippen LogP contribution in [0.5, 0.6) is 5.75 Å². The molecule has 0 aliphatic rings. The number of benzene rings is 1. The molecule has 39 heavy (non-hydrogen) atoms. The van der Waals surface area contributed by atoms with E-state index >= 15 is 0 Å². The Labute approximate surface area is 222 Å². The minimum Gasteiger partial charge on any atom is -0.508 e. The van der Waals surface area contributed by atoms with Gasteiger partial charge in [0, 0.05) is 19.3 Å². The third kappa shape index (κ3) is 12.4. The summed E-state index contributed by atoms with van der Waals surface area (Å²) in [7, 11) is 0. The van der Waals surface area contributed by atoms with Crippen molar-refractivity contribution in [2.45, 2.75) is 62.7 Å². The molecule has 0 saturated carbocycles. The van der Waals surface area contributed by atoms with Gasteiger partial charge in [0.05, 0.1) is 12.5 Å². The molecule has 0 aromatic heterocycles. The Balaban J connectivity index is 3.08. The van der Waals surface area contributed by atoms with Crippen LogP contribution in [0.3, 0.4) is 0 Å². The van der Waals surface area contributed by atoms with E-state index in [0.29, 0.717) is 5.56 Å². The molecule has 0 aliphatic carbocycles. The second kappa shape index (κ2) is 15.5. The zero-order chi connectivity index (χ0) is 29.7. The van der Waals surface area contributed by atoms with E-state index < -0.39 is 72.1 Å². The maximum absolute atomic E-state index is 13.0. The summed E-state index contributed by atoms with van der Waals surface area (Å²) in [6.45, 7) is 0. The van der Waals surface area contributed by atoms with Crippen molar-refractivity contribution in [2.75, 3.05) is 0 Å². The van der Waals surface area contributed by atoms with Gasteiger partial charge in [-0.05, 0) is 30.5 Å². The third-order valence-electron chi connectivity index (χ3n) is 5.35. The molecule has 214 valence electrons. The molecule has 0 saturated heterocycles. The number of aromatic hydroxyl groups is 1. The molecule has 4 unspecified atom stereocenters. The molecule has 0 fully saturated rings. The fraction of sp³-hybridized carbons (Fsp3) is 0.435. The SMILES string of the molecule is NC(=O)CCC(NC(=O)C(N)CC(=O)O)C(=O)NC(CCC(N)=O)C(=O)NC(Cc1ccc(O)cc1)C(=O)O. The fourth-order valence-corrected chi connectivity index (χ4v) is 3.28. The number of nitrogens with one attached hydrogen (secondary N) is 3. The number of hydrogen-bond donors (Lipinski definition) is 9. The smallest absolute Gasteiger partial charge is 0.326 e. The molecule has 1 rings (SSSR count). The van der Waals surface area contributed by atoms with Gasteiger partial charge in [-0.15, -0.1) is 0 Å². The summed E-state index contributed by atoms with van der Waals surface area (Å²) < 4.78 is 0. The Morgan fingerprint density at radius 2 is 1.15 bits per heavy atom. The molecule has 12 N–H and O–H groups in total. The van der Waals surface area contributed by atoms with Gasteiger partial charge in [-0.3, -0.25) is 28.8 Å². The Kier molecular flexibility index (Phi) is 12.8. The van der Waals surface area contributed by atoms with Crippen molar-refractivity contribution in [1.82, 2.24) is 16.0 Å². The maximum Gasteiger partial charge on any atom is 0.326 e. The number of phenols is 1. The van der Waals surface area contributed by atoms with Gasteiger partial charge in [0.1, 0.15) is 23.9 Å². The van der Waals surface area contributed by atoms with Crippen molar-refractivity contribution in [3.63, 3.8) is 0 Å². The third-order valence-corrected chi connectivity index (χ3v) is 5.35. The molecule has 4 atom stereocenters. The van der Waals surface area contributed by atoms with E-state index in [0.717, 1.165) is 0 Å². The summed E-state index contributed by atoms with van der Waals surface area (Å²) in [5.74, 6) is -7.50. The lowest BCUT2D eigenvalue weighted by Crippen LogP contribution is -2.57. The van der Waals surface area contributed by atoms with Gasteiger partial charge in [0.15, 0.2) is 0 Å². The van der Waals surface area contributed by atoms with Crippen molar-refractivity contribution in [1.29, 1.82) is 0 Å². The summed E-state index contributed by atoms with van der Waals surface area (Å²) >= 11 is 0. The van der Waals surface area contributed by atoms with Gasteiger partial charge >= 0.3 is 11.9 Å². The number of hydrogen-bond acceptors (Lipinski definition) is 9. The van der Waals surface area contributed by atoms with Crippen molar-refractivity contribution in [3.05, 3.63) is 29.8 Å². The Hall–Kier alpha value is -4.73. The van der Waals surface area contributed by atoms with E-state index in [4.69, 9.17) is 22.3 Å². The van der Waals surface area contributed by atoms with Crippen molar-refractivity contribution >= 4 is 41.5 Å². The monoisotopic (exact) mass is 552 g/mol. The molecule has 0 bridgehead atoms. The van der Waals surface area contributed by atoms with Crippen LogP contribution in [-0.2, 0) is 40.0 Å². The largest absolute Gasteiger partial charge is 0.508 e. The number of nitrogens with two attached hydrogens (primary N) is 3. The number of carbonyl (C=O) groups is 7. The minimum absolute atomic E-state index is 0.0502. The molecular weight excluding hydrogens is 520 g/mol. The molecule has 5 amide bonds. The molecule has 1 aromatic rings. The molecule has 16 heteroatoms. The highest BCUT2D eigenvalue weighted by Crippen LogP contribution is 2.12. The first-order chi connectivity index (χ1) is 18.2. The van der Waals surface area contributed by atoms with Crippen LogP contribution in [0.2, 0.25) is 0 Å². The normalized spacial score (nSPS) is 13.7. The van der Waals surface area contributed by atoms with E-state index in [9.17, 15) is 43.8 Å². The first kappa shape index (κ1) is 32.3. The Bertz CT molecular complexity index is 1080. The number of carboxylic acid groups (broad SMARTS) is 2. The van der Waals surface area contributed by atoms with Crippen molar-refractivity contribution < 1.29 is 48.9 Å². The Morgan fingerprint density at radius 1 is 0.718 bits per heavy atom. The standard InChI is InChI=1S/C23H32N6O10/c24-13(10-19(33)34)20(35)27-14(5-7-17(25)31)21(36)28-15(6-8-18(26)32)22(37)29-16(23(38)39)9-11-1-3-12(30)4-2-11/h1-4,13-16,30H,5-10,24H2,(H2,25,31)(H2,26,32)(H,27,35)(H,28,36)(H,29,37)(H,33,34)(H,38,39). The maximum atomic E-state index is 13.0. The zero-order valence-electron chi connectivity index (χ0n) is 20.8. The predicted octanol–water partition coefficient (Wildman–Crippen LogP) is -3.19. The number of primary amides is 2. The molecule has 0 spiro atoms. The van der Waals surface area contributed by atoms with E-state index in [-0.39, 0.29) is 37.9 Å². The van der Waals surface area contributed by atoms with Crippen LogP contribution < -0.4 is 33.2 Å². The molecule has 1 aromatic carbocycles. The molecular formula is C23H32N6O10. The van der Waals surface area contributed by atoms with E-state index in [1.165, 1.54) is 24.3 Å². The minimum atomic E-state index is -1.53. The number of amides is 5. The highest BCUT2D eigenvalue weighted by atomic mass is 16.4. The number of aliphatic carboxylic acids is 2. The number of phenolic OH excluding ortho intramolecular Hbond substituents is 1. The van der Waals surface area contributed by atoms with Crippen LogP contribution in [0.4, 0.5) is 0 Å². The predicted molar refractivity (Wildman–Crippen MR) is 132 cm³/mol. The highest BCUT2D eigenvalue weighted by Gasteiger charge is 2.31. The summed E-state index contributed by atoms with van der Waals surface area (Å²) in [6, 6.07) is -0.418. The lowest BCUT2D eigenvalue weighted by molar-refractivity contribution is -0.142. The van der Waals surface area contributed by atoms with Crippen molar-refractivity contribution in [3.8, 4) is 5.75 Å². The first-order valence-electron chi connectivity index (χ1n) is 11.6. The lowest BCUT2D eigenvalue weighted by atomic mass is 10.0. The summed E-state index contributed by atoms with van der Waals surface area (Å²) in [4.78, 5) is 83.4. The summed E-state index contributed by atoms with van der Waals surface area (Å²) in [6.07, 6.45) is -2.37. The average Bonchev–Trinajstić information content (AvgIpc) is 2.83. The van der Waals surface area contributed by atoms with Gasteiger partial charge in [-0.25, -0.2) is 4.79 Å². The van der Waals surface area contributed by atoms with E-state index in [1.54, 1.807) is 0 Å². The number of carboxylic acids is 2. The average molecular weight is 553 g/mol. The van der Waals surface area contributed by atoms with Gasteiger partial charge in [-0.1, -0.05) is 12.1 Å². The van der Waals surface area contributed by atoms with Crippen LogP contribution in [0.1, 0.15) is 37.7 Å². The van der Waals surface area contributed by atoms with Crippen LogP contribution in [0.15, 0.2) is 24.3 Å². The first-order valence-corrected chi connectivity index (χ1v) is 11.6. The fourth-order valence-electron chi connectivity index (χ4n) is 3.28. The number of carbonyl (C=O) groups excluding carboxylic acids is 5. The second-order valence-corrected chi connectivity index (χ2v) is 8.61. The topological polar surface area (TPSA) is 294 Å². The van der Waals surface area contributed by atoms with Gasteiger partial charge in [0.2, 0.25) is 29.5 Å². The van der Waals surface area contributed by atoms with Gasteiger partial charge in [-0.2, -0.15) is 0 Å². The molecule has 0 radical (unpaired) electrons. The Morgan fingerprint density at radius 3 is 1.56 bits per heavy atom. The van der Waals surface area contributed by atoms with Crippen LogP contribution in [-0.4, -0.2) is 81.0 Å². The van der Waals surface area contributed by atoms with E-state index in [2.05, 4.69) is 16.0 Å². The second-order valence-electron chi connectivity index (χ2n) is 8.61. The summed E-state index contributed by atoms with van der Waals surface area (Å²) in [5, 5.41) is 34.5. The van der Waals surface area contributed by atoms with Gasteiger partial charge in [0.25, 0.3) is 0 Å². The lowest BCUT2D eigenvalue weighted by Gasteiger charge is -2.25.